The average Bonchev–Trinajstić information content (AvgIpc) is 3.18. The molecule has 1 aliphatic rings. The molecule has 1 fully saturated rings. The summed E-state index contributed by atoms with van der Waals surface area (Å²) < 4.78 is 5.95. The van der Waals surface area contributed by atoms with Gasteiger partial charge in [0.05, 0.1) is 29.8 Å². The minimum atomic E-state index is -0.116. The number of esters is 1. The predicted molar refractivity (Wildman–Crippen MR) is 111 cm³/mol. The number of fused-ring (bicyclic) bond motifs is 1. The van der Waals surface area contributed by atoms with Gasteiger partial charge in [-0.25, -0.2) is 0 Å². The van der Waals surface area contributed by atoms with E-state index in [9.17, 15) is 9.59 Å². The molecule has 4 rings (SSSR count). The number of nitrogens with zero attached hydrogens (tertiary/aromatic N) is 1. The van der Waals surface area contributed by atoms with Crippen molar-refractivity contribution in [3.8, 4) is 0 Å². The zero-order valence-electron chi connectivity index (χ0n) is 15.7. The Kier molecular flexibility index (Phi) is 5.39. The van der Waals surface area contributed by atoms with E-state index in [1.54, 1.807) is 6.20 Å². The first-order chi connectivity index (χ1) is 13.6. The van der Waals surface area contributed by atoms with Crippen LogP contribution in [0.3, 0.4) is 0 Å². The Morgan fingerprint density at radius 3 is 2.57 bits per heavy atom. The topological polar surface area (TPSA) is 68.3 Å². The van der Waals surface area contributed by atoms with Gasteiger partial charge in [-0.1, -0.05) is 18.2 Å². The van der Waals surface area contributed by atoms with E-state index in [-0.39, 0.29) is 17.8 Å². The highest BCUT2D eigenvalue weighted by molar-refractivity contribution is 7.20. The Labute approximate surface area is 167 Å². The van der Waals surface area contributed by atoms with Crippen LogP contribution in [0.25, 0.3) is 10.1 Å². The zero-order chi connectivity index (χ0) is 19.5. The summed E-state index contributed by atoms with van der Waals surface area (Å²) in [6.45, 7) is 0. The zero-order valence-corrected chi connectivity index (χ0v) is 16.5. The third-order valence-corrected chi connectivity index (χ3v) is 6.49. The van der Waals surface area contributed by atoms with Crippen molar-refractivity contribution in [3.63, 3.8) is 0 Å². The van der Waals surface area contributed by atoms with Crippen molar-refractivity contribution in [2.24, 2.45) is 5.92 Å². The van der Waals surface area contributed by atoms with Crippen LogP contribution >= 0.6 is 11.3 Å². The van der Waals surface area contributed by atoms with Crippen LogP contribution in [0.5, 0.6) is 0 Å². The van der Waals surface area contributed by atoms with Gasteiger partial charge in [-0.2, -0.15) is 0 Å². The highest BCUT2D eigenvalue weighted by atomic mass is 32.1. The minimum Gasteiger partial charge on any atom is -0.469 e. The number of hydrogen-bond acceptors (Lipinski definition) is 5. The fourth-order valence-electron chi connectivity index (χ4n) is 3.80. The lowest BCUT2D eigenvalue weighted by molar-refractivity contribution is -0.146. The van der Waals surface area contributed by atoms with Crippen molar-refractivity contribution < 1.29 is 14.3 Å². The molecule has 0 radical (unpaired) electrons. The highest BCUT2D eigenvalue weighted by Gasteiger charge is 2.28. The first kappa shape index (κ1) is 18.6. The van der Waals surface area contributed by atoms with Crippen LogP contribution in [0.1, 0.15) is 47.0 Å². The number of carbonyl (C=O) groups is 2. The van der Waals surface area contributed by atoms with Crippen LogP contribution in [0.2, 0.25) is 0 Å². The molecular weight excluding hydrogens is 372 g/mol. The van der Waals surface area contributed by atoms with Gasteiger partial charge in [0.25, 0.3) is 5.91 Å². The lowest BCUT2D eigenvalue weighted by atomic mass is 9.80. The summed E-state index contributed by atoms with van der Waals surface area (Å²) in [5.41, 5.74) is 1.71. The SMILES string of the molecule is COC(=O)[C@H]1CC[C@H](c2ccc(NC(=O)c3cc4ccccc4s3)cn2)CC1. The molecule has 0 spiro atoms. The van der Waals surface area contributed by atoms with Crippen molar-refractivity contribution in [2.75, 3.05) is 12.4 Å². The number of carbonyl (C=O) groups excluding carboxylic acids is 2. The van der Waals surface area contributed by atoms with Crippen LogP contribution in [0.15, 0.2) is 48.7 Å². The summed E-state index contributed by atoms with van der Waals surface area (Å²) in [6, 6.07) is 13.8. The average molecular weight is 394 g/mol. The van der Waals surface area contributed by atoms with Gasteiger partial charge in [-0.3, -0.25) is 14.6 Å². The highest BCUT2D eigenvalue weighted by Crippen LogP contribution is 2.35. The molecule has 0 bridgehead atoms. The fourth-order valence-corrected chi connectivity index (χ4v) is 4.76. The summed E-state index contributed by atoms with van der Waals surface area (Å²) >= 11 is 1.48. The van der Waals surface area contributed by atoms with E-state index in [4.69, 9.17) is 4.74 Å². The van der Waals surface area contributed by atoms with Crippen LogP contribution < -0.4 is 5.32 Å². The number of benzene rings is 1. The number of rotatable bonds is 4. The Bertz CT molecular complexity index is 955. The summed E-state index contributed by atoms with van der Waals surface area (Å²) in [5, 5.41) is 4.00. The number of thiophene rings is 1. The molecule has 144 valence electrons. The van der Waals surface area contributed by atoms with Crippen molar-refractivity contribution in [1.29, 1.82) is 0 Å². The maximum atomic E-state index is 12.5. The molecule has 1 N–H and O–H groups in total. The molecule has 2 heterocycles. The van der Waals surface area contributed by atoms with E-state index >= 15 is 0 Å². The van der Waals surface area contributed by atoms with Gasteiger partial charge in [0.2, 0.25) is 0 Å². The Hall–Kier alpha value is -2.73. The van der Waals surface area contributed by atoms with Crippen molar-refractivity contribution in [1.82, 2.24) is 4.98 Å². The first-order valence-corrected chi connectivity index (χ1v) is 10.3. The molecule has 1 saturated carbocycles. The molecule has 5 nitrogen and oxygen atoms in total. The Morgan fingerprint density at radius 1 is 1.11 bits per heavy atom. The standard InChI is InChI=1S/C22H22N2O3S/c1-27-22(26)15-8-6-14(7-9-15)18-11-10-17(13-23-18)24-21(25)20-12-16-4-2-3-5-19(16)28-20/h2-5,10-15H,6-9H2,1H3,(H,24,25)/t14-,15-. The number of methoxy groups -OCH3 is 1. The molecule has 1 aliphatic carbocycles. The van der Waals surface area contributed by atoms with E-state index in [0.717, 1.165) is 41.5 Å². The number of pyridine rings is 1. The fraction of sp³-hybridized carbons (Fsp3) is 0.318. The van der Waals surface area contributed by atoms with Crippen molar-refractivity contribution >= 4 is 39.0 Å². The smallest absolute Gasteiger partial charge is 0.308 e. The van der Waals surface area contributed by atoms with Crippen LogP contribution in [-0.4, -0.2) is 24.0 Å². The molecule has 6 heteroatoms. The second-order valence-corrected chi connectivity index (χ2v) is 8.23. The Balaban J connectivity index is 1.38. The van der Waals surface area contributed by atoms with Gasteiger partial charge in [0, 0.05) is 16.3 Å². The van der Waals surface area contributed by atoms with Crippen LogP contribution in [-0.2, 0) is 9.53 Å². The van der Waals surface area contributed by atoms with E-state index in [1.807, 2.05) is 42.5 Å². The number of hydrogen-bond donors (Lipinski definition) is 1. The molecule has 28 heavy (non-hydrogen) atoms. The maximum Gasteiger partial charge on any atom is 0.308 e. The van der Waals surface area contributed by atoms with Crippen molar-refractivity contribution in [3.05, 3.63) is 59.2 Å². The summed E-state index contributed by atoms with van der Waals surface area (Å²) in [6.07, 6.45) is 5.25. The van der Waals surface area contributed by atoms with E-state index in [2.05, 4.69) is 10.3 Å². The molecule has 0 atom stereocenters. The van der Waals surface area contributed by atoms with Gasteiger partial charge >= 0.3 is 5.97 Å². The normalized spacial score (nSPS) is 19.3. The van der Waals surface area contributed by atoms with Crippen molar-refractivity contribution in [2.45, 2.75) is 31.6 Å². The molecule has 1 amide bonds. The van der Waals surface area contributed by atoms with Crippen LogP contribution in [0.4, 0.5) is 5.69 Å². The summed E-state index contributed by atoms with van der Waals surface area (Å²) in [4.78, 5) is 29.4. The lowest BCUT2D eigenvalue weighted by Gasteiger charge is -2.26. The predicted octanol–water partition coefficient (Wildman–Crippen LogP) is 5.00. The van der Waals surface area contributed by atoms with Gasteiger partial charge in [0.15, 0.2) is 0 Å². The third kappa shape index (κ3) is 3.92. The second-order valence-electron chi connectivity index (χ2n) is 7.15. The molecule has 0 saturated heterocycles. The molecule has 2 aromatic heterocycles. The number of anilines is 1. The monoisotopic (exact) mass is 394 g/mol. The molecule has 1 aromatic carbocycles. The number of ether oxygens (including phenoxy) is 1. The molecular formula is C22H22N2O3S. The molecule has 3 aromatic rings. The largest absolute Gasteiger partial charge is 0.469 e. The molecule has 0 aliphatic heterocycles. The number of aromatic nitrogens is 1. The van der Waals surface area contributed by atoms with Crippen LogP contribution in [0, 0.1) is 5.92 Å². The van der Waals surface area contributed by atoms with Gasteiger partial charge in [-0.15, -0.1) is 11.3 Å². The summed E-state index contributed by atoms with van der Waals surface area (Å²) in [5.74, 6) is 0.148. The summed E-state index contributed by atoms with van der Waals surface area (Å²) in [7, 11) is 1.45. The maximum absolute atomic E-state index is 12.5. The van der Waals surface area contributed by atoms with E-state index in [0.29, 0.717) is 16.5 Å². The lowest BCUT2D eigenvalue weighted by Crippen LogP contribution is -2.22. The Morgan fingerprint density at radius 2 is 1.89 bits per heavy atom. The third-order valence-electron chi connectivity index (χ3n) is 5.37. The number of amides is 1. The molecule has 0 unspecified atom stereocenters. The minimum absolute atomic E-state index is 0.0149. The van der Waals surface area contributed by atoms with Gasteiger partial charge < -0.3 is 10.1 Å². The number of nitrogens with one attached hydrogen (secondary N) is 1. The first-order valence-electron chi connectivity index (χ1n) is 9.48. The van der Waals surface area contributed by atoms with Gasteiger partial charge in [-0.05, 0) is 55.3 Å². The quantitative estimate of drug-likeness (QED) is 0.633. The van der Waals surface area contributed by atoms with E-state index < -0.39 is 0 Å². The van der Waals surface area contributed by atoms with E-state index in [1.165, 1.54) is 18.4 Å². The second kappa shape index (κ2) is 8.10. The van der Waals surface area contributed by atoms with Gasteiger partial charge in [0.1, 0.15) is 0 Å².